The fourth-order valence-electron chi connectivity index (χ4n) is 2.36. The Bertz CT molecular complexity index is 336. The number of aliphatic hydroxyl groups is 1. The molecule has 0 bridgehead atoms. The Morgan fingerprint density at radius 3 is 2.75 bits per heavy atom. The zero-order valence-corrected chi connectivity index (χ0v) is 9.55. The van der Waals surface area contributed by atoms with Crippen molar-refractivity contribution in [3.63, 3.8) is 0 Å². The van der Waals surface area contributed by atoms with E-state index >= 15 is 0 Å². The fourth-order valence-corrected chi connectivity index (χ4v) is 2.36. The summed E-state index contributed by atoms with van der Waals surface area (Å²) in [5.74, 6) is 0.362. The number of nitrogens with zero attached hydrogens (tertiary/aromatic N) is 1. The molecule has 1 aliphatic rings. The lowest BCUT2D eigenvalue weighted by atomic mass is 10.0. The largest absolute Gasteiger partial charge is 0.391 e. The van der Waals surface area contributed by atoms with E-state index in [1.807, 2.05) is 12.1 Å². The molecule has 0 aliphatic carbocycles. The quantitative estimate of drug-likeness (QED) is 0.780. The molecule has 0 saturated carbocycles. The average Bonchev–Trinajstić information content (AvgIpc) is 2.61. The first-order chi connectivity index (χ1) is 7.79. The molecule has 2 heteroatoms. The number of likely N-dealkylation sites (tertiary alicyclic amines) is 1. The minimum Gasteiger partial charge on any atom is -0.391 e. The molecule has 1 aromatic rings. The number of β-amino-alcohol motifs (C(OH)–C–C–N with tert-alkyl or cyclic N) is 1. The van der Waals surface area contributed by atoms with Crippen molar-refractivity contribution < 1.29 is 5.11 Å². The number of aliphatic hydroxyl groups excluding tert-OH is 1. The van der Waals surface area contributed by atoms with Crippen LogP contribution >= 0.6 is 0 Å². The van der Waals surface area contributed by atoms with E-state index in [1.54, 1.807) is 0 Å². The summed E-state index contributed by atoms with van der Waals surface area (Å²) in [6.07, 6.45) is 2.62. The van der Waals surface area contributed by atoms with Crippen molar-refractivity contribution in [3.05, 3.63) is 48.6 Å². The predicted octanol–water partition coefficient (Wildman–Crippen LogP) is 2.06. The molecule has 0 spiro atoms. The highest BCUT2D eigenvalue weighted by atomic mass is 16.3. The van der Waals surface area contributed by atoms with Crippen molar-refractivity contribution in [1.82, 2.24) is 4.90 Å². The van der Waals surface area contributed by atoms with Gasteiger partial charge in [-0.15, -0.1) is 6.58 Å². The van der Waals surface area contributed by atoms with Crippen molar-refractivity contribution in [3.8, 4) is 0 Å². The van der Waals surface area contributed by atoms with E-state index in [0.717, 1.165) is 26.1 Å². The Labute approximate surface area is 97.2 Å². The minimum absolute atomic E-state index is 0.193. The fraction of sp³-hybridized carbons (Fsp3) is 0.429. The zero-order chi connectivity index (χ0) is 11.4. The van der Waals surface area contributed by atoms with Crippen LogP contribution in [0.2, 0.25) is 0 Å². The first kappa shape index (κ1) is 11.4. The molecule has 86 valence electrons. The molecule has 2 atom stereocenters. The van der Waals surface area contributed by atoms with Crippen molar-refractivity contribution in [1.29, 1.82) is 0 Å². The third kappa shape index (κ3) is 2.71. The van der Waals surface area contributed by atoms with E-state index < -0.39 is 0 Å². The van der Waals surface area contributed by atoms with Crippen LogP contribution in [-0.2, 0) is 6.54 Å². The Balaban J connectivity index is 1.91. The van der Waals surface area contributed by atoms with E-state index in [0.29, 0.717) is 5.92 Å². The molecule has 1 aliphatic heterocycles. The summed E-state index contributed by atoms with van der Waals surface area (Å²) in [5.41, 5.74) is 1.31. The van der Waals surface area contributed by atoms with E-state index in [1.165, 1.54) is 5.56 Å². The van der Waals surface area contributed by atoms with Gasteiger partial charge in [0.1, 0.15) is 0 Å². The first-order valence-corrected chi connectivity index (χ1v) is 5.85. The Morgan fingerprint density at radius 2 is 2.06 bits per heavy atom. The molecule has 0 unspecified atom stereocenters. The van der Waals surface area contributed by atoms with Crippen molar-refractivity contribution in [2.45, 2.75) is 19.1 Å². The summed E-state index contributed by atoms with van der Waals surface area (Å²) >= 11 is 0. The molecule has 16 heavy (non-hydrogen) atoms. The van der Waals surface area contributed by atoms with Crippen LogP contribution in [-0.4, -0.2) is 29.2 Å². The molecule has 1 heterocycles. The second-order valence-corrected chi connectivity index (χ2v) is 4.53. The average molecular weight is 217 g/mol. The Kier molecular flexibility index (Phi) is 3.75. The molecule has 0 aromatic heterocycles. The molecule has 0 amide bonds. The number of rotatable bonds is 4. The van der Waals surface area contributed by atoms with Gasteiger partial charge in [0.25, 0.3) is 0 Å². The number of allylic oxidation sites excluding steroid dienone is 1. The molecule has 1 fully saturated rings. The van der Waals surface area contributed by atoms with Crippen molar-refractivity contribution >= 4 is 0 Å². The van der Waals surface area contributed by atoms with E-state index in [9.17, 15) is 5.11 Å². The lowest BCUT2D eigenvalue weighted by Gasteiger charge is -2.15. The van der Waals surface area contributed by atoms with E-state index in [2.05, 4.69) is 35.7 Å². The Hall–Kier alpha value is -1.12. The molecule has 1 N–H and O–H groups in total. The zero-order valence-electron chi connectivity index (χ0n) is 9.55. The monoisotopic (exact) mass is 217 g/mol. The third-order valence-electron chi connectivity index (χ3n) is 3.20. The lowest BCUT2D eigenvalue weighted by Crippen LogP contribution is -2.21. The van der Waals surface area contributed by atoms with Crippen LogP contribution in [0.4, 0.5) is 0 Å². The molecule has 2 rings (SSSR count). The summed E-state index contributed by atoms with van der Waals surface area (Å²) in [5, 5.41) is 9.88. The van der Waals surface area contributed by atoms with Gasteiger partial charge < -0.3 is 5.11 Å². The van der Waals surface area contributed by atoms with Gasteiger partial charge in [0.15, 0.2) is 0 Å². The van der Waals surface area contributed by atoms with Crippen LogP contribution < -0.4 is 0 Å². The van der Waals surface area contributed by atoms with Gasteiger partial charge in [-0.1, -0.05) is 36.4 Å². The third-order valence-corrected chi connectivity index (χ3v) is 3.20. The number of hydrogen-bond donors (Lipinski definition) is 1. The molecule has 1 aromatic carbocycles. The van der Waals surface area contributed by atoms with Crippen molar-refractivity contribution in [2.75, 3.05) is 13.1 Å². The summed E-state index contributed by atoms with van der Waals surface area (Å²) in [7, 11) is 0. The number of benzene rings is 1. The topological polar surface area (TPSA) is 23.5 Å². The Morgan fingerprint density at radius 1 is 1.31 bits per heavy atom. The predicted molar refractivity (Wildman–Crippen MR) is 66.0 cm³/mol. The molecule has 2 nitrogen and oxygen atoms in total. The smallest absolute Gasteiger partial charge is 0.0710 e. The minimum atomic E-state index is -0.193. The van der Waals surface area contributed by atoms with E-state index in [-0.39, 0.29) is 6.10 Å². The summed E-state index contributed by atoms with van der Waals surface area (Å²) in [6.45, 7) is 6.43. The van der Waals surface area contributed by atoms with Crippen LogP contribution in [0.5, 0.6) is 0 Å². The summed E-state index contributed by atoms with van der Waals surface area (Å²) < 4.78 is 0. The second-order valence-electron chi connectivity index (χ2n) is 4.53. The van der Waals surface area contributed by atoms with E-state index in [4.69, 9.17) is 0 Å². The summed E-state index contributed by atoms with van der Waals surface area (Å²) in [6, 6.07) is 10.4. The van der Waals surface area contributed by atoms with Gasteiger partial charge in [0.05, 0.1) is 6.10 Å². The lowest BCUT2D eigenvalue weighted by molar-refractivity contribution is 0.142. The van der Waals surface area contributed by atoms with Crippen LogP contribution in [0.25, 0.3) is 0 Å². The maximum absolute atomic E-state index is 9.88. The highest BCUT2D eigenvalue weighted by Gasteiger charge is 2.29. The van der Waals surface area contributed by atoms with Crippen LogP contribution in [0.3, 0.4) is 0 Å². The maximum atomic E-state index is 9.88. The SMILES string of the molecule is C=CC[C@@H]1CN(Cc2ccccc2)C[C@@H]1O. The molecular weight excluding hydrogens is 198 g/mol. The standard InChI is InChI=1S/C14H19NO/c1-2-6-13-10-15(11-14(13)16)9-12-7-4-3-5-8-12/h2-5,7-8,13-14,16H,1,6,9-11H2/t13-,14+/m1/s1. The van der Waals surface area contributed by atoms with Gasteiger partial charge >= 0.3 is 0 Å². The number of hydrogen-bond acceptors (Lipinski definition) is 2. The van der Waals surface area contributed by atoms with Crippen LogP contribution in [0.15, 0.2) is 43.0 Å². The second kappa shape index (κ2) is 5.28. The molecule has 0 radical (unpaired) electrons. The maximum Gasteiger partial charge on any atom is 0.0710 e. The summed E-state index contributed by atoms with van der Waals surface area (Å²) in [4.78, 5) is 2.31. The molecule has 1 saturated heterocycles. The van der Waals surface area contributed by atoms with Gasteiger partial charge in [-0.2, -0.15) is 0 Å². The van der Waals surface area contributed by atoms with Gasteiger partial charge in [0.2, 0.25) is 0 Å². The van der Waals surface area contributed by atoms with Gasteiger partial charge in [-0.25, -0.2) is 0 Å². The van der Waals surface area contributed by atoms with Crippen molar-refractivity contribution in [2.24, 2.45) is 5.92 Å². The van der Waals surface area contributed by atoms with Crippen LogP contribution in [0.1, 0.15) is 12.0 Å². The first-order valence-electron chi connectivity index (χ1n) is 5.85. The highest BCUT2D eigenvalue weighted by molar-refractivity contribution is 5.14. The van der Waals surface area contributed by atoms with Gasteiger partial charge in [-0.05, 0) is 12.0 Å². The molecular formula is C14H19NO. The van der Waals surface area contributed by atoms with Gasteiger partial charge in [0, 0.05) is 25.6 Å². The van der Waals surface area contributed by atoms with Gasteiger partial charge in [-0.3, -0.25) is 4.90 Å². The van der Waals surface area contributed by atoms with Crippen LogP contribution in [0, 0.1) is 5.92 Å². The highest BCUT2D eigenvalue weighted by Crippen LogP contribution is 2.22. The normalized spacial score (nSPS) is 25.8.